The molecule has 2 aromatic heterocycles. The van der Waals surface area contributed by atoms with Crippen LogP contribution >= 0.6 is 0 Å². The minimum absolute atomic E-state index is 0.490. The summed E-state index contributed by atoms with van der Waals surface area (Å²) in [5.41, 5.74) is 12.2. The summed E-state index contributed by atoms with van der Waals surface area (Å²) in [5.74, 6) is 2.50. The highest BCUT2D eigenvalue weighted by molar-refractivity contribution is 6.00. The lowest BCUT2D eigenvalue weighted by molar-refractivity contribution is 0.312. The standard InChI is InChI=1S/C26H30N8/c1-31-10-12-32(13-11-31)23-15-19(27)14-18-16-33(9-8-20(18)23)26-22-5-3-2-4-21(22)25-29-28-24(17-6-7-17)34(25)30-26/h2-5,14-15,17H,6-13,16,27H2,1H3. The Kier molecular flexibility index (Phi) is 4.45. The molecule has 1 aliphatic carbocycles. The molecular formula is C26H30N8. The number of piperazine rings is 1. The van der Waals surface area contributed by atoms with Crippen molar-refractivity contribution >= 4 is 33.6 Å². The van der Waals surface area contributed by atoms with Gasteiger partial charge in [-0.15, -0.1) is 15.3 Å². The number of fused-ring (bicyclic) bond motifs is 4. The van der Waals surface area contributed by atoms with Crippen molar-refractivity contribution in [2.24, 2.45) is 0 Å². The Morgan fingerprint density at radius 2 is 1.71 bits per heavy atom. The van der Waals surface area contributed by atoms with Crippen LogP contribution in [0.5, 0.6) is 0 Å². The smallest absolute Gasteiger partial charge is 0.185 e. The Bertz CT molecular complexity index is 1400. The van der Waals surface area contributed by atoms with Crippen LogP contribution in [0, 0.1) is 0 Å². The second kappa shape index (κ2) is 7.56. The molecule has 3 aliphatic rings. The Labute approximate surface area is 199 Å². The van der Waals surface area contributed by atoms with E-state index in [0.29, 0.717) is 5.92 Å². The van der Waals surface area contributed by atoms with Gasteiger partial charge in [0.2, 0.25) is 0 Å². The lowest BCUT2D eigenvalue weighted by Crippen LogP contribution is -2.45. The van der Waals surface area contributed by atoms with E-state index in [1.807, 2.05) is 4.52 Å². The van der Waals surface area contributed by atoms with E-state index >= 15 is 0 Å². The Morgan fingerprint density at radius 1 is 0.912 bits per heavy atom. The zero-order chi connectivity index (χ0) is 22.8. The minimum atomic E-state index is 0.490. The number of likely N-dealkylation sites (N-methyl/N-ethyl adjacent to an activating group) is 1. The average molecular weight is 455 g/mol. The molecule has 34 heavy (non-hydrogen) atoms. The average Bonchev–Trinajstić information content (AvgIpc) is 3.61. The number of aromatic nitrogens is 4. The van der Waals surface area contributed by atoms with Gasteiger partial charge in [0, 0.05) is 67.3 Å². The summed E-state index contributed by atoms with van der Waals surface area (Å²) in [6.45, 7) is 6.03. The van der Waals surface area contributed by atoms with Gasteiger partial charge in [-0.05, 0) is 49.6 Å². The van der Waals surface area contributed by atoms with Crippen LogP contribution < -0.4 is 15.5 Å². The Hall–Kier alpha value is -3.39. The second-order valence-electron chi connectivity index (χ2n) is 10.1. The number of nitrogens with zero attached hydrogens (tertiary/aromatic N) is 7. The molecule has 8 heteroatoms. The summed E-state index contributed by atoms with van der Waals surface area (Å²) in [5, 5.41) is 16.4. The van der Waals surface area contributed by atoms with Crippen molar-refractivity contribution in [2.45, 2.75) is 31.7 Å². The number of benzene rings is 2. The Balaban J connectivity index is 1.30. The fourth-order valence-electron chi connectivity index (χ4n) is 5.62. The fraction of sp³-hybridized carbons (Fsp3) is 0.423. The highest BCUT2D eigenvalue weighted by Gasteiger charge is 2.31. The van der Waals surface area contributed by atoms with Crippen molar-refractivity contribution in [3.8, 4) is 0 Å². The summed E-state index contributed by atoms with van der Waals surface area (Å²) < 4.78 is 2.00. The third-order valence-corrected chi connectivity index (χ3v) is 7.69. The van der Waals surface area contributed by atoms with Gasteiger partial charge in [-0.25, -0.2) is 0 Å². The zero-order valence-electron chi connectivity index (χ0n) is 19.6. The molecule has 2 fully saturated rings. The molecule has 7 rings (SSSR count). The lowest BCUT2D eigenvalue weighted by atomic mass is 9.95. The van der Waals surface area contributed by atoms with Gasteiger partial charge in [-0.2, -0.15) is 4.52 Å². The number of rotatable bonds is 3. The van der Waals surface area contributed by atoms with Crippen molar-refractivity contribution in [1.29, 1.82) is 0 Å². The molecule has 2 aliphatic heterocycles. The first kappa shape index (κ1) is 20.0. The molecule has 0 bridgehead atoms. The van der Waals surface area contributed by atoms with E-state index in [2.05, 4.69) is 68.3 Å². The van der Waals surface area contributed by atoms with E-state index in [1.54, 1.807) is 0 Å². The zero-order valence-corrected chi connectivity index (χ0v) is 19.6. The van der Waals surface area contributed by atoms with Crippen LogP contribution in [0.25, 0.3) is 16.4 Å². The molecule has 4 heterocycles. The van der Waals surface area contributed by atoms with Gasteiger partial charge in [0.25, 0.3) is 0 Å². The van der Waals surface area contributed by atoms with Crippen molar-refractivity contribution in [1.82, 2.24) is 24.7 Å². The van der Waals surface area contributed by atoms with E-state index < -0.39 is 0 Å². The van der Waals surface area contributed by atoms with Gasteiger partial charge in [-0.1, -0.05) is 24.3 Å². The Morgan fingerprint density at radius 3 is 2.50 bits per heavy atom. The molecular weight excluding hydrogens is 424 g/mol. The van der Waals surface area contributed by atoms with Gasteiger partial charge >= 0.3 is 0 Å². The molecule has 1 saturated carbocycles. The van der Waals surface area contributed by atoms with Crippen LogP contribution in [0.15, 0.2) is 36.4 Å². The quantitative estimate of drug-likeness (QED) is 0.477. The third kappa shape index (κ3) is 3.20. The molecule has 1 saturated heterocycles. The van der Waals surface area contributed by atoms with Gasteiger partial charge < -0.3 is 20.4 Å². The molecule has 0 amide bonds. The number of hydrogen-bond acceptors (Lipinski definition) is 7. The molecule has 0 spiro atoms. The fourth-order valence-corrected chi connectivity index (χ4v) is 5.62. The molecule has 4 aromatic rings. The molecule has 0 radical (unpaired) electrons. The summed E-state index contributed by atoms with van der Waals surface area (Å²) in [4.78, 5) is 7.32. The molecule has 0 unspecified atom stereocenters. The van der Waals surface area contributed by atoms with Crippen LogP contribution in [0.4, 0.5) is 17.2 Å². The van der Waals surface area contributed by atoms with Crippen molar-refractivity contribution < 1.29 is 0 Å². The number of nitrogen functional groups attached to an aromatic ring is 1. The summed E-state index contributed by atoms with van der Waals surface area (Å²) in [7, 11) is 2.20. The number of anilines is 3. The van der Waals surface area contributed by atoms with E-state index in [0.717, 1.165) is 79.4 Å². The second-order valence-corrected chi connectivity index (χ2v) is 10.1. The van der Waals surface area contributed by atoms with Crippen molar-refractivity contribution in [2.75, 3.05) is 55.3 Å². The number of hydrogen-bond donors (Lipinski definition) is 1. The number of nitrogens with two attached hydrogens (primary N) is 1. The predicted molar refractivity (Wildman–Crippen MR) is 136 cm³/mol. The molecule has 0 atom stereocenters. The van der Waals surface area contributed by atoms with Gasteiger partial charge in [-0.3, -0.25) is 0 Å². The topological polar surface area (TPSA) is 78.8 Å². The normalized spacial score (nSPS) is 19.2. The first-order chi connectivity index (χ1) is 16.7. The summed E-state index contributed by atoms with van der Waals surface area (Å²) in [6, 6.07) is 12.8. The van der Waals surface area contributed by atoms with Crippen LogP contribution in [-0.2, 0) is 13.0 Å². The maximum absolute atomic E-state index is 6.42. The van der Waals surface area contributed by atoms with Crippen molar-refractivity contribution in [3.63, 3.8) is 0 Å². The predicted octanol–water partition coefficient (Wildman–Crippen LogP) is 3.05. The van der Waals surface area contributed by atoms with Crippen LogP contribution in [0.2, 0.25) is 0 Å². The third-order valence-electron chi connectivity index (χ3n) is 7.69. The van der Waals surface area contributed by atoms with Gasteiger partial charge in [0.15, 0.2) is 17.3 Å². The first-order valence-corrected chi connectivity index (χ1v) is 12.4. The van der Waals surface area contributed by atoms with Gasteiger partial charge in [0.05, 0.1) is 0 Å². The highest BCUT2D eigenvalue weighted by Crippen LogP contribution is 2.40. The van der Waals surface area contributed by atoms with Crippen LogP contribution in [0.1, 0.15) is 35.7 Å². The van der Waals surface area contributed by atoms with Crippen molar-refractivity contribution in [3.05, 3.63) is 53.3 Å². The van der Waals surface area contributed by atoms with Crippen LogP contribution in [0.3, 0.4) is 0 Å². The molecule has 2 aromatic carbocycles. The highest BCUT2D eigenvalue weighted by atomic mass is 15.4. The van der Waals surface area contributed by atoms with Gasteiger partial charge in [0.1, 0.15) is 0 Å². The SMILES string of the molecule is CN1CCN(c2cc(N)cc3c2CCN(c2nn4c(C5CC5)nnc4c4ccccc24)C3)CC1. The maximum atomic E-state index is 6.42. The van der Waals surface area contributed by atoms with E-state index in [9.17, 15) is 0 Å². The summed E-state index contributed by atoms with van der Waals surface area (Å²) in [6.07, 6.45) is 3.34. The maximum Gasteiger partial charge on any atom is 0.185 e. The van der Waals surface area contributed by atoms with E-state index in [-0.39, 0.29) is 0 Å². The minimum Gasteiger partial charge on any atom is -0.399 e. The van der Waals surface area contributed by atoms with Crippen LogP contribution in [-0.4, -0.2) is 64.5 Å². The van der Waals surface area contributed by atoms with E-state index in [4.69, 9.17) is 10.8 Å². The monoisotopic (exact) mass is 454 g/mol. The first-order valence-electron chi connectivity index (χ1n) is 12.4. The molecule has 8 nitrogen and oxygen atoms in total. The largest absolute Gasteiger partial charge is 0.399 e. The van der Waals surface area contributed by atoms with E-state index in [1.165, 1.54) is 29.7 Å². The summed E-state index contributed by atoms with van der Waals surface area (Å²) >= 11 is 0. The molecule has 2 N–H and O–H groups in total. The molecule has 174 valence electrons. The lowest BCUT2D eigenvalue weighted by Gasteiger charge is -2.38.